The second-order valence-electron chi connectivity index (χ2n) is 14.4. The summed E-state index contributed by atoms with van der Waals surface area (Å²) in [6.45, 7) is 5.66. The number of amides is 2. The number of likely N-dealkylation sites (tertiary alicyclic amines) is 1. The lowest BCUT2D eigenvalue weighted by molar-refractivity contribution is -0.141. The Balaban J connectivity index is 1.28. The predicted molar refractivity (Wildman–Crippen MR) is 179 cm³/mol. The van der Waals surface area contributed by atoms with Gasteiger partial charge in [0.1, 0.15) is 16.8 Å². The zero-order valence-electron chi connectivity index (χ0n) is 31.2. The third-order valence-electron chi connectivity index (χ3n) is 9.54. The van der Waals surface area contributed by atoms with E-state index in [1.807, 2.05) is 13.0 Å². The van der Waals surface area contributed by atoms with Gasteiger partial charge in [-0.1, -0.05) is 17.7 Å². The average molecular weight is 716 g/mol. The molecule has 0 radical (unpaired) electrons. The molecule has 1 saturated carbocycles. The van der Waals surface area contributed by atoms with E-state index in [9.17, 15) is 27.9 Å². The predicted octanol–water partition coefficient (Wildman–Crippen LogP) is 5.19. The molecule has 11 nitrogen and oxygen atoms in total. The summed E-state index contributed by atoms with van der Waals surface area (Å²) in [7, 11) is 0. The van der Waals surface area contributed by atoms with Crippen LogP contribution >= 0.6 is 11.6 Å². The molecule has 4 aromatic heterocycles. The summed E-state index contributed by atoms with van der Waals surface area (Å²) < 4.78 is 66.8. The molecule has 1 spiro atoms. The summed E-state index contributed by atoms with van der Waals surface area (Å²) in [5.74, 6) is -0.912. The molecule has 3 atom stereocenters. The Hall–Kier alpha value is -4.30. The van der Waals surface area contributed by atoms with E-state index in [1.54, 1.807) is 19.9 Å². The molecule has 6 rings (SSSR count). The molecule has 2 amide bonds. The van der Waals surface area contributed by atoms with Gasteiger partial charge in [0.15, 0.2) is 5.69 Å². The third kappa shape index (κ3) is 7.00. The van der Waals surface area contributed by atoms with Crippen LogP contribution in [0.15, 0.2) is 48.9 Å². The fraction of sp³-hybridized carbons (Fsp3) is 0.486. The number of hydrogen-bond acceptors (Lipinski definition) is 7. The zero-order valence-corrected chi connectivity index (χ0v) is 29.0. The van der Waals surface area contributed by atoms with Crippen LogP contribution in [0.1, 0.15) is 78.8 Å². The largest absolute Gasteiger partial charge is 0.435 e. The van der Waals surface area contributed by atoms with Gasteiger partial charge in [-0.2, -0.15) is 23.4 Å². The number of rotatable bonds is 10. The summed E-state index contributed by atoms with van der Waals surface area (Å²) in [5.41, 5.74) is -1.60. The molecule has 0 bridgehead atoms. The van der Waals surface area contributed by atoms with E-state index < -0.39 is 47.4 Å². The van der Waals surface area contributed by atoms with Gasteiger partial charge in [-0.05, 0) is 82.9 Å². The highest BCUT2D eigenvalue weighted by molar-refractivity contribution is 6.29. The first-order valence-electron chi connectivity index (χ1n) is 17.6. The number of carbonyl (C=O) groups excluding carboxylic acids is 2. The number of halogens is 4. The van der Waals surface area contributed by atoms with Crippen LogP contribution in [0.25, 0.3) is 11.3 Å². The van der Waals surface area contributed by atoms with E-state index in [-0.39, 0.29) is 37.0 Å². The van der Waals surface area contributed by atoms with Crippen LogP contribution < -0.4 is 5.32 Å². The molecule has 50 heavy (non-hydrogen) atoms. The van der Waals surface area contributed by atoms with Gasteiger partial charge in [-0.3, -0.25) is 23.9 Å². The van der Waals surface area contributed by atoms with Gasteiger partial charge < -0.3 is 15.3 Å². The van der Waals surface area contributed by atoms with Crippen molar-refractivity contribution >= 4 is 23.4 Å². The molecule has 1 aliphatic heterocycles. The third-order valence-corrected chi connectivity index (χ3v) is 9.75. The van der Waals surface area contributed by atoms with Crippen molar-refractivity contribution in [1.82, 2.24) is 39.7 Å². The highest BCUT2D eigenvalue weighted by Crippen LogP contribution is 2.65. The first kappa shape index (κ1) is 31.7. The minimum atomic E-state index is -4.76. The minimum absolute atomic E-state index is 0.0591. The number of hydrogen-bond donors (Lipinski definition) is 2. The molecule has 5 heterocycles. The summed E-state index contributed by atoms with van der Waals surface area (Å²) in [6, 6.07) is 6.40. The Bertz CT molecular complexity index is 2040. The maximum atomic E-state index is 14.3. The van der Waals surface area contributed by atoms with Gasteiger partial charge in [0.2, 0.25) is 11.8 Å². The molecular weight excluding hydrogens is 673 g/mol. The van der Waals surface area contributed by atoms with Crippen LogP contribution in [-0.2, 0) is 41.3 Å². The molecule has 0 unspecified atom stereocenters. The molecule has 1 saturated heterocycles. The van der Waals surface area contributed by atoms with Gasteiger partial charge in [-0.25, -0.2) is 4.98 Å². The normalized spacial score (nSPS) is 21.2. The summed E-state index contributed by atoms with van der Waals surface area (Å²) >= 11 is 6.07. The van der Waals surface area contributed by atoms with Crippen LogP contribution in [0, 0.1) is 12.3 Å². The first-order valence-corrected chi connectivity index (χ1v) is 16.5. The quantitative estimate of drug-likeness (QED) is 0.216. The van der Waals surface area contributed by atoms with Crippen molar-refractivity contribution in [1.29, 1.82) is 0 Å². The fourth-order valence-corrected chi connectivity index (χ4v) is 7.12. The van der Waals surface area contributed by atoms with Crippen LogP contribution in [0.4, 0.5) is 13.2 Å². The lowest BCUT2D eigenvalue weighted by Gasteiger charge is -2.33. The van der Waals surface area contributed by atoms with Crippen LogP contribution in [-0.4, -0.2) is 69.5 Å². The fourth-order valence-electron chi connectivity index (χ4n) is 6.93. The molecule has 0 aromatic carbocycles. The molecular formula is C35H40ClF3N8O3. The molecule has 1 aliphatic carbocycles. The van der Waals surface area contributed by atoms with Gasteiger partial charge in [0, 0.05) is 53.6 Å². The topological polar surface area (TPSA) is 131 Å². The zero-order chi connectivity index (χ0) is 38.9. The van der Waals surface area contributed by atoms with Crippen molar-refractivity contribution < 1.29 is 32.0 Å². The lowest BCUT2D eigenvalue weighted by atomic mass is 9.96. The maximum absolute atomic E-state index is 14.3. The Morgan fingerprint density at radius 3 is 2.56 bits per heavy atom. The monoisotopic (exact) mass is 715 g/mol. The number of aromatic nitrogens is 6. The van der Waals surface area contributed by atoms with E-state index in [4.69, 9.17) is 15.7 Å². The second-order valence-corrected chi connectivity index (χ2v) is 14.8. The van der Waals surface area contributed by atoms with Crippen LogP contribution in [0.3, 0.4) is 0 Å². The van der Waals surface area contributed by atoms with Crippen molar-refractivity contribution in [2.24, 2.45) is 12.4 Å². The van der Waals surface area contributed by atoms with Gasteiger partial charge in [0.25, 0.3) is 0 Å². The summed E-state index contributed by atoms with van der Waals surface area (Å²) in [4.78, 5) is 38.6. The SMILES string of the molecule is [2H]C([2H])([2H])n1cc(C[C@H](C(=O)NC(C)(C)Cn2nc(C(F)(F)F)cc2-c2ccc(C(C)(C)O)nc2)N2CC[C@@]3(C[C@@H]3c3ccc(Cl)nc3C)C2=O)cn1. The van der Waals surface area contributed by atoms with E-state index in [0.29, 0.717) is 34.8 Å². The Kier molecular flexibility index (Phi) is 7.90. The second kappa shape index (κ2) is 12.5. The van der Waals surface area contributed by atoms with Gasteiger partial charge in [0.05, 0.1) is 35.1 Å². The highest BCUT2D eigenvalue weighted by atomic mass is 35.5. The number of aryl methyl sites for hydroxylation is 2. The van der Waals surface area contributed by atoms with E-state index in [2.05, 4.69) is 25.5 Å². The number of nitrogens with zero attached hydrogens (tertiary/aromatic N) is 7. The van der Waals surface area contributed by atoms with Crippen molar-refractivity contribution in [3.05, 3.63) is 82.3 Å². The number of aliphatic hydroxyl groups is 1. The standard InChI is InChI=1S/C35H40ClF3N8O3/c1-20-23(8-10-29(36)42-20)24-15-34(24)11-12-46(31(34)49)26(13-21-16-41-45(6)18-21)30(48)43-32(2,3)19-47-25(14-28(44-47)35(37,38)39)22-7-9-27(40-17-22)33(4,5)50/h7-10,14,16-18,24,26,50H,11-13,15,19H2,1-6H3,(H,43,48)/t24-,26-,34+/m1/s1/i6D3. The molecule has 2 fully saturated rings. The molecule has 2 N–H and O–H groups in total. The summed E-state index contributed by atoms with van der Waals surface area (Å²) in [6.07, 6.45) is 0.230. The van der Waals surface area contributed by atoms with Crippen molar-refractivity contribution in [2.45, 2.75) is 89.7 Å². The smallest absolute Gasteiger partial charge is 0.384 e. The van der Waals surface area contributed by atoms with Crippen molar-refractivity contribution in [3.63, 3.8) is 0 Å². The van der Waals surface area contributed by atoms with Crippen molar-refractivity contribution in [3.8, 4) is 11.3 Å². The van der Waals surface area contributed by atoms with Crippen LogP contribution in [0.5, 0.6) is 0 Å². The first-order chi connectivity index (χ1) is 24.5. The van der Waals surface area contributed by atoms with E-state index in [1.165, 1.54) is 49.5 Å². The average Bonchev–Trinajstić information content (AvgIpc) is 3.32. The Morgan fingerprint density at radius 2 is 1.94 bits per heavy atom. The van der Waals surface area contributed by atoms with E-state index >= 15 is 0 Å². The molecule has 15 heteroatoms. The molecule has 4 aromatic rings. The number of alkyl halides is 3. The highest BCUT2D eigenvalue weighted by Gasteiger charge is 2.65. The number of nitrogens with one attached hydrogen (secondary N) is 1. The van der Waals surface area contributed by atoms with Crippen molar-refractivity contribution in [2.75, 3.05) is 6.54 Å². The summed E-state index contributed by atoms with van der Waals surface area (Å²) in [5, 5.41) is 21.4. The number of carbonyl (C=O) groups is 2. The van der Waals surface area contributed by atoms with E-state index in [0.717, 1.165) is 26.7 Å². The minimum Gasteiger partial charge on any atom is -0.384 e. The molecule has 266 valence electrons. The van der Waals surface area contributed by atoms with Gasteiger partial charge >= 0.3 is 6.18 Å². The maximum Gasteiger partial charge on any atom is 0.435 e. The number of pyridine rings is 2. The Morgan fingerprint density at radius 1 is 1.18 bits per heavy atom. The lowest BCUT2D eigenvalue weighted by Crippen LogP contribution is -2.56. The van der Waals surface area contributed by atoms with Gasteiger partial charge in [-0.15, -0.1) is 0 Å². The van der Waals surface area contributed by atoms with Crippen LogP contribution in [0.2, 0.25) is 5.15 Å². The Labute approximate surface area is 297 Å². The molecule has 2 aliphatic rings.